The molecule has 6 nitrogen and oxygen atoms in total. The van der Waals surface area contributed by atoms with Crippen molar-refractivity contribution < 1.29 is 13.2 Å². The molecule has 144 valence electrons. The number of allylic oxidation sites excluding steroid dienone is 2. The van der Waals surface area contributed by atoms with Gasteiger partial charge in [0.15, 0.2) is 4.91 Å². The number of hydrogen-bond donors (Lipinski definition) is 1. The molecule has 7 heteroatoms. The molecule has 0 amide bonds. The van der Waals surface area contributed by atoms with E-state index in [2.05, 4.69) is 23.5 Å². The number of benzene rings is 1. The van der Waals surface area contributed by atoms with Gasteiger partial charge in [0.2, 0.25) is 0 Å². The van der Waals surface area contributed by atoms with Gasteiger partial charge in [0, 0.05) is 32.4 Å². The molecule has 1 aromatic carbocycles. The molecule has 0 radical (unpaired) electrons. The summed E-state index contributed by atoms with van der Waals surface area (Å²) in [4.78, 5) is 2.04. The van der Waals surface area contributed by atoms with Crippen molar-refractivity contribution in [3.63, 3.8) is 0 Å². The van der Waals surface area contributed by atoms with E-state index in [1.807, 2.05) is 30.3 Å². The van der Waals surface area contributed by atoms with E-state index in [0.29, 0.717) is 5.57 Å². The van der Waals surface area contributed by atoms with E-state index < -0.39 is 10.0 Å². The molecule has 1 rings (SSSR count). The lowest BCUT2D eigenvalue weighted by atomic mass is 10.1. The van der Waals surface area contributed by atoms with E-state index in [0.717, 1.165) is 37.2 Å². The van der Waals surface area contributed by atoms with Crippen LogP contribution >= 0.6 is 0 Å². The zero-order valence-corrected chi connectivity index (χ0v) is 16.9. The highest BCUT2D eigenvalue weighted by Crippen LogP contribution is 2.24. The van der Waals surface area contributed by atoms with E-state index in [9.17, 15) is 13.7 Å². The molecule has 0 fully saturated rings. The fourth-order valence-electron chi connectivity index (χ4n) is 2.66. The maximum absolute atomic E-state index is 12.3. The summed E-state index contributed by atoms with van der Waals surface area (Å²) < 4.78 is 31.9. The largest absolute Gasteiger partial charge is 0.383 e. The number of nitriles is 1. The molecule has 0 saturated carbocycles. The van der Waals surface area contributed by atoms with Gasteiger partial charge in [-0.15, -0.1) is 0 Å². The number of anilines is 1. The maximum Gasteiger partial charge on any atom is 0.251 e. The van der Waals surface area contributed by atoms with Crippen molar-refractivity contribution in [1.29, 1.82) is 5.26 Å². The van der Waals surface area contributed by atoms with Crippen molar-refractivity contribution in [2.24, 2.45) is 0 Å². The molecule has 0 atom stereocenters. The summed E-state index contributed by atoms with van der Waals surface area (Å²) in [6, 6.07) is 9.51. The van der Waals surface area contributed by atoms with Gasteiger partial charge in [0.25, 0.3) is 10.0 Å². The molecule has 0 aliphatic heterocycles. The quantitative estimate of drug-likeness (QED) is 0.472. The zero-order valence-electron chi connectivity index (χ0n) is 16.1. The molecule has 0 aliphatic rings. The Labute approximate surface area is 157 Å². The monoisotopic (exact) mass is 379 g/mol. The van der Waals surface area contributed by atoms with Gasteiger partial charge in [-0.05, 0) is 43.0 Å². The standard InChI is InChI=1S/C19H29N3O3S/c1-5-12-22(13-6-2)18-9-7-17(8-10-18)16(3)19(15-20)26(23,24)21-11-14-25-4/h7-10,21H,5-6,11-14H2,1-4H3/b19-16+. The first-order chi connectivity index (χ1) is 12.4. The van der Waals surface area contributed by atoms with Crippen LogP contribution < -0.4 is 9.62 Å². The average molecular weight is 380 g/mol. The summed E-state index contributed by atoms with van der Waals surface area (Å²) in [6.45, 7) is 8.26. The molecule has 0 unspecified atom stereocenters. The predicted molar refractivity (Wildman–Crippen MR) is 106 cm³/mol. The highest BCUT2D eigenvalue weighted by atomic mass is 32.2. The van der Waals surface area contributed by atoms with Gasteiger partial charge >= 0.3 is 0 Å². The minimum Gasteiger partial charge on any atom is -0.383 e. The van der Waals surface area contributed by atoms with Gasteiger partial charge in [-0.3, -0.25) is 0 Å². The SMILES string of the molecule is CCCN(CCC)c1ccc(/C(C)=C(\C#N)S(=O)(=O)NCCOC)cc1. The average Bonchev–Trinajstić information content (AvgIpc) is 2.62. The minimum atomic E-state index is -3.86. The topological polar surface area (TPSA) is 82.4 Å². The minimum absolute atomic E-state index is 0.124. The van der Waals surface area contributed by atoms with Crippen LogP contribution in [0.5, 0.6) is 0 Å². The third-order valence-corrected chi connectivity index (χ3v) is 5.48. The van der Waals surface area contributed by atoms with Crippen molar-refractivity contribution in [2.75, 3.05) is 38.3 Å². The summed E-state index contributed by atoms with van der Waals surface area (Å²) >= 11 is 0. The Morgan fingerprint density at radius 2 is 1.77 bits per heavy atom. The van der Waals surface area contributed by atoms with E-state index in [1.54, 1.807) is 6.92 Å². The number of methoxy groups -OCH3 is 1. The van der Waals surface area contributed by atoms with Crippen LogP contribution in [0.3, 0.4) is 0 Å². The normalized spacial score (nSPS) is 12.4. The van der Waals surface area contributed by atoms with Gasteiger partial charge in [0.1, 0.15) is 6.07 Å². The van der Waals surface area contributed by atoms with Gasteiger partial charge in [-0.1, -0.05) is 26.0 Å². The van der Waals surface area contributed by atoms with Gasteiger partial charge in [-0.2, -0.15) is 5.26 Å². The lowest BCUT2D eigenvalue weighted by Crippen LogP contribution is -2.28. The summed E-state index contributed by atoms with van der Waals surface area (Å²) in [7, 11) is -2.37. The van der Waals surface area contributed by atoms with Gasteiger partial charge in [-0.25, -0.2) is 13.1 Å². The lowest BCUT2D eigenvalue weighted by molar-refractivity contribution is 0.204. The molecule has 0 heterocycles. The molecule has 0 bridgehead atoms. The summed E-state index contributed by atoms with van der Waals surface area (Å²) in [5.41, 5.74) is 2.25. The molecule has 1 aromatic rings. The number of nitrogens with zero attached hydrogens (tertiary/aromatic N) is 2. The van der Waals surface area contributed by atoms with Crippen molar-refractivity contribution in [2.45, 2.75) is 33.6 Å². The van der Waals surface area contributed by atoms with Crippen molar-refractivity contribution in [1.82, 2.24) is 4.72 Å². The Hall–Kier alpha value is -1.88. The summed E-state index contributed by atoms with van der Waals surface area (Å²) in [6.07, 6.45) is 2.12. The predicted octanol–water partition coefficient (Wildman–Crippen LogP) is 3.13. The van der Waals surface area contributed by atoms with Crippen LogP contribution in [-0.2, 0) is 14.8 Å². The lowest BCUT2D eigenvalue weighted by Gasteiger charge is -2.24. The van der Waals surface area contributed by atoms with Gasteiger partial charge in [0.05, 0.1) is 6.61 Å². The zero-order chi connectivity index (χ0) is 19.6. The molecular formula is C19H29N3O3S. The first kappa shape index (κ1) is 22.2. The van der Waals surface area contributed by atoms with Crippen LogP contribution in [0.4, 0.5) is 5.69 Å². The molecule has 1 N–H and O–H groups in total. The fourth-order valence-corrected chi connectivity index (χ4v) is 3.80. The van der Waals surface area contributed by atoms with Crippen molar-refractivity contribution in [3.8, 4) is 6.07 Å². The van der Waals surface area contributed by atoms with E-state index in [-0.39, 0.29) is 18.1 Å². The van der Waals surface area contributed by atoms with Crippen LogP contribution in [0, 0.1) is 11.3 Å². The van der Waals surface area contributed by atoms with E-state index in [1.165, 1.54) is 7.11 Å². The third-order valence-electron chi connectivity index (χ3n) is 3.96. The van der Waals surface area contributed by atoms with Crippen LogP contribution in [0.1, 0.15) is 39.2 Å². The molecule has 0 aromatic heterocycles. The van der Waals surface area contributed by atoms with Crippen LogP contribution in [0.25, 0.3) is 5.57 Å². The van der Waals surface area contributed by atoms with Crippen molar-refractivity contribution >= 4 is 21.3 Å². The molecule has 26 heavy (non-hydrogen) atoms. The number of nitrogens with one attached hydrogen (secondary N) is 1. The van der Waals surface area contributed by atoms with Crippen LogP contribution in [0.2, 0.25) is 0 Å². The first-order valence-electron chi connectivity index (χ1n) is 8.86. The van der Waals surface area contributed by atoms with E-state index in [4.69, 9.17) is 4.74 Å². The second-order valence-corrected chi connectivity index (χ2v) is 7.69. The Bertz CT molecular complexity index is 728. The summed E-state index contributed by atoms with van der Waals surface area (Å²) in [5.74, 6) is 0. The Morgan fingerprint density at radius 3 is 2.23 bits per heavy atom. The second kappa shape index (κ2) is 11.0. The van der Waals surface area contributed by atoms with Crippen molar-refractivity contribution in [3.05, 3.63) is 34.7 Å². The number of ether oxygens (including phenoxy) is 1. The van der Waals surface area contributed by atoms with E-state index >= 15 is 0 Å². The summed E-state index contributed by atoms with van der Waals surface area (Å²) in [5, 5.41) is 9.37. The fraction of sp³-hybridized carbons (Fsp3) is 0.526. The van der Waals surface area contributed by atoms with Crippen LogP contribution in [0.15, 0.2) is 29.2 Å². The highest BCUT2D eigenvalue weighted by molar-refractivity contribution is 7.93. The molecule has 0 aliphatic carbocycles. The Balaban J connectivity index is 3.11. The van der Waals surface area contributed by atoms with Crippen LogP contribution in [-0.4, -0.2) is 41.8 Å². The Kier molecular flexibility index (Phi) is 9.35. The smallest absolute Gasteiger partial charge is 0.251 e. The molecule has 0 spiro atoms. The molecule has 0 saturated heterocycles. The second-order valence-electron chi connectivity index (χ2n) is 5.99. The number of hydrogen-bond acceptors (Lipinski definition) is 5. The number of sulfonamides is 1. The maximum atomic E-state index is 12.3. The first-order valence-corrected chi connectivity index (χ1v) is 10.3. The Morgan fingerprint density at radius 1 is 1.19 bits per heavy atom. The van der Waals surface area contributed by atoms with Gasteiger partial charge < -0.3 is 9.64 Å². The number of rotatable bonds is 11. The highest BCUT2D eigenvalue weighted by Gasteiger charge is 2.20. The molecular weight excluding hydrogens is 350 g/mol. The third kappa shape index (κ3) is 6.13.